The van der Waals surface area contributed by atoms with Gasteiger partial charge < -0.3 is 15.4 Å². The predicted octanol–water partition coefficient (Wildman–Crippen LogP) is 6.63. The van der Waals surface area contributed by atoms with Crippen molar-refractivity contribution in [2.45, 2.75) is 37.6 Å². The van der Waals surface area contributed by atoms with Gasteiger partial charge in [-0.15, -0.1) is 0 Å². The van der Waals surface area contributed by atoms with Crippen LogP contribution in [0.2, 0.25) is 0 Å². The Morgan fingerprint density at radius 1 is 0.946 bits per heavy atom. The molecule has 0 radical (unpaired) electrons. The number of thioether (sulfide) groups is 1. The fourth-order valence-corrected chi connectivity index (χ4v) is 4.57. The lowest BCUT2D eigenvalue weighted by Crippen LogP contribution is -2.26. The second-order valence-corrected chi connectivity index (χ2v) is 9.42. The van der Waals surface area contributed by atoms with Gasteiger partial charge in [-0.25, -0.2) is 14.5 Å². The fourth-order valence-electron chi connectivity index (χ4n) is 3.61. The van der Waals surface area contributed by atoms with Crippen molar-refractivity contribution in [3.8, 4) is 5.69 Å². The number of carbonyl (C=O) groups is 1. The van der Waals surface area contributed by atoms with Crippen LogP contribution in [-0.2, 0) is 10.5 Å². The van der Waals surface area contributed by atoms with E-state index >= 15 is 0 Å². The van der Waals surface area contributed by atoms with Gasteiger partial charge >= 0.3 is 5.97 Å². The Morgan fingerprint density at radius 2 is 1.57 bits per heavy atom. The minimum absolute atomic E-state index is 0.00442. The lowest BCUT2D eigenvalue weighted by molar-refractivity contribution is 0.0523. The number of para-hydroxylation sites is 2. The zero-order chi connectivity index (χ0) is 26.0. The van der Waals surface area contributed by atoms with Crippen molar-refractivity contribution in [2.24, 2.45) is 4.99 Å². The number of rotatable bonds is 9. The maximum absolute atomic E-state index is 13.3. The third kappa shape index (κ3) is 7.01. The maximum Gasteiger partial charge on any atom is 0.344 e. The Labute approximate surface area is 222 Å². The van der Waals surface area contributed by atoms with E-state index in [1.807, 2.05) is 92.7 Å². The van der Waals surface area contributed by atoms with Crippen LogP contribution in [0.25, 0.3) is 5.69 Å². The number of carbonyl (C=O) groups excluding carboxylic acids is 1. The zero-order valence-electron chi connectivity index (χ0n) is 21.2. The molecule has 3 aromatic carbocycles. The average Bonchev–Trinajstić information content (AvgIpc) is 3.27. The summed E-state index contributed by atoms with van der Waals surface area (Å²) in [6, 6.07) is 29.6. The molecule has 0 atom stereocenters. The standard InChI is InChI=1S/C29H31N5O2S/c1-4-36-28(35)25-26(32-29(30-21(2)3)31-23-16-10-6-11-17-23)34(24-18-12-7-13-19-24)33-27(25)37-20-22-14-8-5-9-15-22/h5-19,21H,4,20H2,1-3H3,(H2,30,31,32). The summed E-state index contributed by atoms with van der Waals surface area (Å²) in [4.78, 5) is 18.1. The van der Waals surface area contributed by atoms with E-state index in [0.29, 0.717) is 28.1 Å². The number of ether oxygens (including phenoxy) is 1. The molecule has 1 heterocycles. The van der Waals surface area contributed by atoms with Crippen molar-refractivity contribution in [3.05, 3.63) is 102 Å². The quantitative estimate of drug-likeness (QED) is 0.113. The largest absolute Gasteiger partial charge is 0.462 e. The fraction of sp³-hybridized carbons (Fsp3) is 0.207. The molecule has 0 saturated heterocycles. The number of nitrogens with zero attached hydrogens (tertiary/aromatic N) is 3. The van der Waals surface area contributed by atoms with E-state index in [0.717, 1.165) is 16.9 Å². The summed E-state index contributed by atoms with van der Waals surface area (Å²) in [6.07, 6.45) is 0. The van der Waals surface area contributed by atoms with Gasteiger partial charge in [0.2, 0.25) is 5.96 Å². The molecule has 0 aliphatic carbocycles. The summed E-state index contributed by atoms with van der Waals surface area (Å²) in [5, 5.41) is 12.2. The summed E-state index contributed by atoms with van der Waals surface area (Å²) in [5.41, 5.74) is 3.19. The average molecular weight is 514 g/mol. The molecule has 0 aliphatic rings. The van der Waals surface area contributed by atoms with Gasteiger partial charge in [-0.2, -0.15) is 5.10 Å². The van der Waals surface area contributed by atoms with Gasteiger partial charge in [0, 0.05) is 17.5 Å². The second kappa shape index (κ2) is 12.8. The SMILES string of the molecule is CCOC(=O)c1c(SCc2ccccc2)nn(-c2ccccc2)c1NC(=NC(C)C)Nc1ccccc1. The highest BCUT2D eigenvalue weighted by Gasteiger charge is 2.27. The molecule has 1 aromatic heterocycles. The number of hydrogen-bond acceptors (Lipinski definition) is 5. The monoisotopic (exact) mass is 513 g/mol. The normalized spacial score (nSPS) is 11.4. The topological polar surface area (TPSA) is 80.5 Å². The van der Waals surface area contributed by atoms with E-state index in [1.54, 1.807) is 11.6 Å². The highest BCUT2D eigenvalue weighted by Crippen LogP contribution is 2.33. The molecular formula is C29H31N5O2S. The van der Waals surface area contributed by atoms with Crippen molar-refractivity contribution >= 4 is 35.2 Å². The van der Waals surface area contributed by atoms with E-state index in [9.17, 15) is 4.79 Å². The van der Waals surface area contributed by atoms with Crippen molar-refractivity contribution in [1.82, 2.24) is 9.78 Å². The lowest BCUT2D eigenvalue weighted by atomic mass is 10.2. The molecule has 37 heavy (non-hydrogen) atoms. The molecule has 0 unspecified atom stereocenters. The molecule has 4 aromatic rings. The number of aromatic nitrogens is 2. The van der Waals surface area contributed by atoms with Gasteiger partial charge in [0.15, 0.2) is 5.82 Å². The first-order valence-corrected chi connectivity index (χ1v) is 13.2. The summed E-state index contributed by atoms with van der Waals surface area (Å²) in [5.74, 6) is 1.21. The van der Waals surface area contributed by atoms with Gasteiger partial charge in [-0.3, -0.25) is 0 Å². The van der Waals surface area contributed by atoms with E-state index in [-0.39, 0.29) is 12.6 Å². The molecule has 0 bridgehead atoms. The maximum atomic E-state index is 13.3. The first-order chi connectivity index (χ1) is 18.0. The zero-order valence-corrected chi connectivity index (χ0v) is 22.0. The minimum atomic E-state index is -0.439. The lowest BCUT2D eigenvalue weighted by Gasteiger charge is -2.16. The molecule has 2 N–H and O–H groups in total. The highest BCUT2D eigenvalue weighted by molar-refractivity contribution is 7.98. The molecular weight excluding hydrogens is 482 g/mol. The first-order valence-electron chi connectivity index (χ1n) is 12.2. The molecule has 0 aliphatic heterocycles. The van der Waals surface area contributed by atoms with E-state index < -0.39 is 5.97 Å². The van der Waals surface area contributed by atoms with Crippen LogP contribution in [0.5, 0.6) is 0 Å². The van der Waals surface area contributed by atoms with E-state index in [4.69, 9.17) is 14.8 Å². The van der Waals surface area contributed by atoms with Crippen LogP contribution in [0.4, 0.5) is 11.5 Å². The van der Waals surface area contributed by atoms with Crippen molar-refractivity contribution in [3.63, 3.8) is 0 Å². The molecule has 8 heteroatoms. The van der Waals surface area contributed by atoms with Gasteiger partial charge in [-0.05, 0) is 50.6 Å². The van der Waals surface area contributed by atoms with E-state index in [2.05, 4.69) is 22.8 Å². The molecule has 4 rings (SSSR count). The Kier molecular flexibility index (Phi) is 8.99. The third-order valence-electron chi connectivity index (χ3n) is 5.21. The number of anilines is 2. The molecule has 190 valence electrons. The summed E-state index contributed by atoms with van der Waals surface area (Å²) in [7, 11) is 0. The van der Waals surface area contributed by atoms with Crippen LogP contribution < -0.4 is 10.6 Å². The number of guanidine groups is 1. The summed E-state index contributed by atoms with van der Waals surface area (Å²) >= 11 is 1.50. The number of benzene rings is 3. The summed E-state index contributed by atoms with van der Waals surface area (Å²) in [6.45, 7) is 6.05. The van der Waals surface area contributed by atoms with Gasteiger partial charge in [0.05, 0.1) is 12.3 Å². The Hall–Kier alpha value is -4.04. The smallest absolute Gasteiger partial charge is 0.344 e. The molecule has 0 amide bonds. The van der Waals surface area contributed by atoms with Crippen LogP contribution in [0, 0.1) is 0 Å². The highest BCUT2D eigenvalue weighted by atomic mass is 32.2. The van der Waals surface area contributed by atoms with Crippen LogP contribution >= 0.6 is 11.8 Å². The van der Waals surface area contributed by atoms with Crippen molar-refractivity contribution in [1.29, 1.82) is 0 Å². The Bertz CT molecular complexity index is 1320. The van der Waals surface area contributed by atoms with Crippen LogP contribution in [-0.4, -0.2) is 34.4 Å². The van der Waals surface area contributed by atoms with E-state index in [1.165, 1.54) is 11.8 Å². The van der Waals surface area contributed by atoms with Crippen LogP contribution in [0.15, 0.2) is 101 Å². The summed E-state index contributed by atoms with van der Waals surface area (Å²) < 4.78 is 7.22. The number of nitrogens with one attached hydrogen (secondary N) is 2. The predicted molar refractivity (Wildman–Crippen MR) is 152 cm³/mol. The van der Waals surface area contributed by atoms with Crippen molar-refractivity contribution in [2.75, 3.05) is 17.2 Å². The minimum Gasteiger partial charge on any atom is -0.462 e. The first kappa shape index (κ1) is 26.0. The number of hydrogen-bond donors (Lipinski definition) is 2. The van der Waals surface area contributed by atoms with Crippen molar-refractivity contribution < 1.29 is 9.53 Å². The van der Waals surface area contributed by atoms with Crippen LogP contribution in [0.3, 0.4) is 0 Å². The van der Waals surface area contributed by atoms with Gasteiger partial charge in [0.25, 0.3) is 0 Å². The molecule has 0 spiro atoms. The Morgan fingerprint density at radius 3 is 2.19 bits per heavy atom. The Balaban J connectivity index is 1.80. The second-order valence-electron chi connectivity index (χ2n) is 8.46. The molecule has 7 nitrogen and oxygen atoms in total. The molecule has 0 saturated carbocycles. The van der Waals surface area contributed by atoms with Gasteiger partial charge in [0.1, 0.15) is 10.6 Å². The number of aliphatic imine (C=N–C) groups is 1. The number of esters is 1. The third-order valence-corrected chi connectivity index (χ3v) is 6.25. The van der Waals surface area contributed by atoms with Gasteiger partial charge in [-0.1, -0.05) is 78.5 Å². The van der Waals surface area contributed by atoms with Crippen LogP contribution in [0.1, 0.15) is 36.7 Å². The molecule has 0 fully saturated rings.